The zero-order chi connectivity index (χ0) is 21.5. The van der Waals surface area contributed by atoms with Gasteiger partial charge in [-0.05, 0) is 50.7 Å². The largest absolute Gasteiger partial charge is 0.355 e. The third kappa shape index (κ3) is 3.36. The first-order valence-electron chi connectivity index (χ1n) is 10.7. The number of nitrogens with one attached hydrogen (secondary N) is 1. The molecule has 1 N–H and O–H groups in total. The molecule has 2 aliphatic rings. The molecular weight excluding hydrogens is 400 g/mol. The molecule has 0 saturated carbocycles. The van der Waals surface area contributed by atoms with Gasteiger partial charge in [-0.3, -0.25) is 9.48 Å². The van der Waals surface area contributed by atoms with E-state index < -0.39 is 15.4 Å². The molecule has 2 fully saturated rings. The molecule has 0 unspecified atom stereocenters. The zero-order valence-corrected chi connectivity index (χ0v) is 18.7. The lowest BCUT2D eigenvalue weighted by Crippen LogP contribution is -2.50. The summed E-state index contributed by atoms with van der Waals surface area (Å²) in [5.41, 5.74) is 1.18. The minimum absolute atomic E-state index is 0.0190. The van der Waals surface area contributed by atoms with Crippen LogP contribution in [0.4, 0.5) is 0 Å². The van der Waals surface area contributed by atoms with E-state index in [1.54, 1.807) is 24.3 Å². The fourth-order valence-corrected chi connectivity index (χ4v) is 7.48. The molecule has 0 radical (unpaired) electrons. The quantitative estimate of drug-likeness (QED) is 0.731. The number of hydrogen-bond donors (Lipinski definition) is 1. The summed E-state index contributed by atoms with van der Waals surface area (Å²) < 4.78 is 30.0. The minimum atomic E-state index is -3.71. The van der Waals surface area contributed by atoms with Crippen molar-refractivity contribution in [3.8, 4) is 0 Å². The average molecular weight is 431 g/mol. The van der Waals surface area contributed by atoms with Crippen molar-refractivity contribution in [2.45, 2.75) is 63.1 Å². The maximum atomic E-state index is 13.5. The molecule has 0 spiro atoms. The minimum Gasteiger partial charge on any atom is -0.355 e. The number of carbonyl (C=O) groups excluding carboxylic acids is 1. The van der Waals surface area contributed by atoms with Gasteiger partial charge < -0.3 is 5.32 Å². The Hall–Kier alpha value is -2.19. The second kappa shape index (κ2) is 7.81. The van der Waals surface area contributed by atoms with Crippen molar-refractivity contribution in [3.63, 3.8) is 0 Å². The maximum Gasteiger partial charge on any atom is 0.260 e. The number of nitrogens with zero attached hydrogens (tertiary/aromatic N) is 3. The van der Waals surface area contributed by atoms with Gasteiger partial charge in [0.05, 0.1) is 11.1 Å². The van der Waals surface area contributed by atoms with Crippen LogP contribution in [0.1, 0.15) is 43.9 Å². The molecule has 0 aliphatic carbocycles. The molecule has 2 saturated heterocycles. The van der Waals surface area contributed by atoms with E-state index in [0.717, 1.165) is 19.3 Å². The molecule has 162 valence electrons. The number of benzene rings is 1. The zero-order valence-electron chi connectivity index (χ0n) is 17.8. The fourth-order valence-electron chi connectivity index (χ4n) is 5.35. The van der Waals surface area contributed by atoms with Gasteiger partial charge in [0.25, 0.3) is 10.0 Å². The Morgan fingerprint density at radius 2 is 2.00 bits per heavy atom. The van der Waals surface area contributed by atoms with Gasteiger partial charge in [0.1, 0.15) is 0 Å². The lowest BCUT2D eigenvalue weighted by atomic mass is 9.71. The highest BCUT2D eigenvalue weighted by atomic mass is 32.2. The van der Waals surface area contributed by atoms with Gasteiger partial charge in [-0.1, -0.05) is 37.3 Å². The van der Waals surface area contributed by atoms with Crippen molar-refractivity contribution in [2.75, 3.05) is 6.54 Å². The molecule has 3 atom stereocenters. The van der Waals surface area contributed by atoms with Crippen LogP contribution in [0.25, 0.3) is 0 Å². The number of rotatable bonds is 7. The topological polar surface area (TPSA) is 84.3 Å². The molecule has 7 nitrogen and oxygen atoms in total. The SMILES string of the molecule is CC[C@]1(C(=O)NCCc2ccccc2)C[C@H]2CC[C@@H]1N2S(=O)(=O)c1cc(C)nn1C. The van der Waals surface area contributed by atoms with Crippen molar-refractivity contribution in [2.24, 2.45) is 12.5 Å². The summed E-state index contributed by atoms with van der Waals surface area (Å²) in [5.74, 6) is -0.0190. The van der Waals surface area contributed by atoms with Crippen LogP contribution in [-0.2, 0) is 28.3 Å². The molecule has 3 heterocycles. The Kier molecular flexibility index (Phi) is 5.48. The van der Waals surface area contributed by atoms with Crippen LogP contribution in [0, 0.1) is 12.3 Å². The van der Waals surface area contributed by atoms with Crippen LogP contribution in [0.3, 0.4) is 0 Å². The Bertz CT molecular complexity index is 1030. The van der Waals surface area contributed by atoms with Crippen molar-refractivity contribution in [1.82, 2.24) is 19.4 Å². The highest BCUT2D eigenvalue weighted by Gasteiger charge is 2.62. The first-order chi connectivity index (χ1) is 14.3. The number of aryl methyl sites for hydroxylation is 2. The van der Waals surface area contributed by atoms with Crippen molar-refractivity contribution in [1.29, 1.82) is 0 Å². The molecule has 8 heteroatoms. The molecule has 4 rings (SSSR count). The molecule has 2 bridgehead atoms. The summed E-state index contributed by atoms with van der Waals surface area (Å²) in [4.78, 5) is 13.3. The number of hydrogen-bond acceptors (Lipinski definition) is 4. The molecular formula is C22H30N4O3S. The summed E-state index contributed by atoms with van der Waals surface area (Å²) in [6, 6.07) is 11.2. The third-order valence-corrected chi connectivity index (χ3v) is 8.82. The number of aromatic nitrogens is 2. The van der Waals surface area contributed by atoms with Gasteiger partial charge in [0.2, 0.25) is 5.91 Å². The van der Waals surface area contributed by atoms with Crippen LogP contribution in [0.5, 0.6) is 0 Å². The Balaban J connectivity index is 1.54. The van der Waals surface area contributed by atoms with Crippen LogP contribution in [0.2, 0.25) is 0 Å². The Morgan fingerprint density at radius 1 is 1.27 bits per heavy atom. The number of fused-ring (bicyclic) bond motifs is 2. The summed E-state index contributed by atoms with van der Waals surface area (Å²) in [7, 11) is -2.05. The Labute approximate surface area is 178 Å². The lowest BCUT2D eigenvalue weighted by Gasteiger charge is -2.35. The first-order valence-corrected chi connectivity index (χ1v) is 12.1. The van der Waals surface area contributed by atoms with Crippen LogP contribution in [-0.4, -0.2) is 47.0 Å². The van der Waals surface area contributed by atoms with Crippen LogP contribution >= 0.6 is 0 Å². The standard InChI is InChI=1S/C22H30N4O3S/c1-4-22(21(27)23-13-12-17-8-6-5-7-9-17)15-18-10-11-19(22)26(18)30(28,29)20-14-16(2)24-25(20)3/h5-9,14,18-19H,4,10-13,15H2,1-3H3,(H,23,27)/t18-,19+,22+/m1/s1. The maximum absolute atomic E-state index is 13.5. The molecule has 30 heavy (non-hydrogen) atoms. The van der Waals surface area contributed by atoms with E-state index in [9.17, 15) is 13.2 Å². The van der Waals surface area contributed by atoms with E-state index in [2.05, 4.69) is 10.4 Å². The summed E-state index contributed by atoms with van der Waals surface area (Å²) in [6.45, 7) is 4.33. The molecule has 2 aromatic rings. The van der Waals surface area contributed by atoms with Crippen LogP contribution in [0.15, 0.2) is 41.4 Å². The predicted molar refractivity (Wildman–Crippen MR) is 114 cm³/mol. The van der Waals surface area contributed by atoms with Gasteiger partial charge in [-0.25, -0.2) is 8.42 Å². The second-order valence-electron chi connectivity index (χ2n) is 8.53. The van der Waals surface area contributed by atoms with Gasteiger partial charge in [-0.15, -0.1) is 0 Å². The Morgan fingerprint density at radius 3 is 2.63 bits per heavy atom. The summed E-state index contributed by atoms with van der Waals surface area (Å²) in [5, 5.41) is 7.51. The average Bonchev–Trinajstić information content (AvgIpc) is 3.40. The second-order valence-corrected chi connectivity index (χ2v) is 10.3. The highest BCUT2D eigenvalue weighted by molar-refractivity contribution is 7.89. The van der Waals surface area contributed by atoms with E-state index in [1.165, 1.54) is 10.2 Å². The lowest BCUT2D eigenvalue weighted by molar-refractivity contribution is -0.132. The van der Waals surface area contributed by atoms with E-state index >= 15 is 0 Å². The van der Waals surface area contributed by atoms with Crippen LogP contribution < -0.4 is 5.32 Å². The fraction of sp³-hybridized carbons (Fsp3) is 0.545. The molecule has 1 amide bonds. The monoisotopic (exact) mass is 430 g/mol. The summed E-state index contributed by atoms with van der Waals surface area (Å²) in [6.07, 6.45) is 3.50. The number of carbonyl (C=O) groups is 1. The van der Waals surface area contributed by atoms with E-state index in [4.69, 9.17) is 0 Å². The van der Waals surface area contributed by atoms with Gasteiger partial charge in [0, 0.05) is 25.7 Å². The molecule has 1 aromatic heterocycles. The van der Waals surface area contributed by atoms with Gasteiger partial charge in [-0.2, -0.15) is 9.40 Å². The summed E-state index contributed by atoms with van der Waals surface area (Å²) >= 11 is 0. The van der Waals surface area contributed by atoms with Crippen molar-refractivity contribution >= 4 is 15.9 Å². The van der Waals surface area contributed by atoms with Crippen molar-refractivity contribution < 1.29 is 13.2 Å². The van der Waals surface area contributed by atoms with Crippen molar-refractivity contribution in [3.05, 3.63) is 47.7 Å². The first kappa shape index (κ1) is 21.1. The molecule has 2 aliphatic heterocycles. The van der Waals surface area contributed by atoms with Gasteiger partial charge >= 0.3 is 0 Å². The molecule has 1 aromatic carbocycles. The third-order valence-electron chi connectivity index (χ3n) is 6.80. The van der Waals surface area contributed by atoms with E-state index in [0.29, 0.717) is 25.1 Å². The highest BCUT2D eigenvalue weighted by Crippen LogP contribution is 2.53. The van der Waals surface area contributed by atoms with E-state index in [-0.39, 0.29) is 23.0 Å². The smallest absolute Gasteiger partial charge is 0.260 e. The number of amides is 1. The predicted octanol–water partition coefficient (Wildman–Crippen LogP) is 2.41. The number of sulfonamides is 1. The van der Waals surface area contributed by atoms with Gasteiger partial charge in [0.15, 0.2) is 5.03 Å². The van der Waals surface area contributed by atoms with E-state index in [1.807, 2.05) is 37.3 Å². The normalized spacial score (nSPS) is 26.2.